The highest BCUT2D eigenvalue weighted by Gasteiger charge is 2.09. The highest BCUT2D eigenvalue weighted by molar-refractivity contribution is 8.00. The fourth-order valence-electron chi connectivity index (χ4n) is 1.50. The molecule has 1 aromatic carbocycles. The molecule has 2 N–H and O–H groups in total. The molecule has 0 fully saturated rings. The van der Waals surface area contributed by atoms with Gasteiger partial charge in [-0.25, -0.2) is 12.8 Å². The Morgan fingerprint density at radius 1 is 1.44 bits per heavy atom. The second-order valence-corrected chi connectivity index (χ2v) is 7.81. The molecule has 0 radical (unpaired) electrons. The van der Waals surface area contributed by atoms with Crippen LogP contribution in [0.15, 0.2) is 23.1 Å². The van der Waals surface area contributed by atoms with E-state index in [2.05, 4.69) is 0 Å². The number of benzene rings is 1. The first-order chi connectivity index (χ1) is 8.28. The fraction of sp³-hybridized carbons (Fsp3) is 0.500. The lowest BCUT2D eigenvalue weighted by molar-refractivity contribution is 0.603. The SMILES string of the molecule is CC(N)Cc1cc(F)ccc1SCCS(C)(=O)=O. The van der Waals surface area contributed by atoms with Gasteiger partial charge in [-0.2, -0.15) is 0 Å². The first-order valence-electron chi connectivity index (χ1n) is 5.62. The summed E-state index contributed by atoms with van der Waals surface area (Å²) in [5, 5.41) is 0. The minimum Gasteiger partial charge on any atom is -0.328 e. The van der Waals surface area contributed by atoms with E-state index in [1.165, 1.54) is 30.2 Å². The summed E-state index contributed by atoms with van der Waals surface area (Å²) in [4.78, 5) is 0.900. The Balaban J connectivity index is 2.75. The van der Waals surface area contributed by atoms with Crippen molar-refractivity contribution in [3.63, 3.8) is 0 Å². The normalized spacial score (nSPS) is 13.6. The molecular formula is C12H18FNO2S2. The molecule has 0 aliphatic carbocycles. The van der Waals surface area contributed by atoms with Crippen molar-refractivity contribution in [2.45, 2.75) is 24.3 Å². The molecular weight excluding hydrogens is 273 g/mol. The molecule has 0 aliphatic heterocycles. The lowest BCUT2D eigenvalue weighted by Crippen LogP contribution is -2.18. The maximum absolute atomic E-state index is 13.2. The summed E-state index contributed by atoms with van der Waals surface area (Å²) in [6, 6.07) is 4.47. The van der Waals surface area contributed by atoms with Gasteiger partial charge in [-0.15, -0.1) is 11.8 Å². The Morgan fingerprint density at radius 3 is 2.67 bits per heavy atom. The molecule has 0 heterocycles. The third kappa shape index (κ3) is 5.84. The maximum Gasteiger partial charge on any atom is 0.148 e. The summed E-state index contributed by atoms with van der Waals surface area (Å²) in [7, 11) is -2.96. The second-order valence-electron chi connectivity index (χ2n) is 4.41. The van der Waals surface area contributed by atoms with Crippen LogP contribution < -0.4 is 5.73 Å². The molecule has 18 heavy (non-hydrogen) atoms. The molecule has 0 spiro atoms. The van der Waals surface area contributed by atoms with E-state index >= 15 is 0 Å². The van der Waals surface area contributed by atoms with Gasteiger partial charge >= 0.3 is 0 Å². The zero-order valence-corrected chi connectivity index (χ0v) is 12.2. The number of sulfone groups is 1. The van der Waals surface area contributed by atoms with Crippen molar-refractivity contribution in [2.24, 2.45) is 5.73 Å². The quantitative estimate of drug-likeness (QED) is 0.813. The van der Waals surface area contributed by atoms with E-state index in [-0.39, 0.29) is 17.6 Å². The zero-order chi connectivity index (χ0) is 13.8. The summed E-state index contributed by atoms with van der Waals surface area (Å²) in [6.07, 6.45) is 1.79. The van der Waals surface area contributed by atoms with Gasteiger partial charge in [0.25, 0.3) is 0 Å². The van der Waals surface area contributed by atoms with Crippen LogP contribution >= 0.6 is 11.8 Å². The van der Waals surface area contributed by atoms with Crippen molar-refractivity contribution in [3.8, 4) is 0 Å². The molecule has 102 valence electrons. The van der Waals surface area contributed by atoms with Gasteiger partial charge in [-0.3, -0.25) is 0 Å². The lowest BCUT2D eigenvalue weighted by atomic mass is 10.1. The van der Waals surface area contributed by atoms with E-state index in [0.717, 1.165) is 10.5 Å². The standard InChI is InChI=1S/C12H18FNO2S2/c1-9(14)7-10-8-11(13)3-4-12(10)17-5-6-18(2,15)16/h3-4,8-9H,5-7,14H2,1-2H3. The number of hydrogen-bond donors (Lipinski definition) is 1. The van der Waals surface area contributed by atoms with Crippen LogP contribution in [-0.2, 0) is 16.3 Å². The number of rotatable bonds is 6. The van der Waals surface area contributed by atoms with Crippen LogP contribution in [0.2, 0.25) is 0 Å². The number of nitrogens with two attached hydrogens (primary N) is 1. The third-order valence-corrected chi connectivity index (χ3v) is 4.60. The van der Waals surface area contributed by atoms with Gasteiger partial charge in [-0.1, -0.05) is 0 Å². The molecule has 0 saturated carbocycles. The predicted molar refractivity (Wildman–Crippen MR) is 74.2 cm³/mol. The summed E-state index contributed by atoms with van der Waals surface area (Å²) < 4.78 is 35.3. The first kappa shape index (κ1) is 15.5. The molecule has 0 saturated heterocycles. The minimum absolute atomic E-state index is 0.0546. The van der Waals surface area contributed by atoms with E-state index in [1.807, 2.05) is 6.92 Å². The first-order valence-corrected chi connectivity index (χ1v) is 8.67. The topological polar surface area (TPSA) is 60.2 Å². The Bertz CT molecular complexity index is 501. The third-order valence-electron chi connectivity index (χ3n) is 2.28. The molecule has 1 rings (SSSR count). The highest BCUT2D eigenvalue weighted by atomic mass is 32.2. The molecule has 1 aromatic rings. The monoisotopic (exact) mass is 291 g/mol. The number of hydrogen-bond acceptors (Lipinski definition) is 4. The van der Waals surface area contributed by atoms with Gasteiger partial charge in [0, 0.05) is 22.9 Å². The summed E-state index contributed by atoms with van der Waals surface area (Å²) >= 11 is 1.42. The molecule has 1 atom stereocenters. The zero-order valence-electron chi connectivity index (χ0n) is 10.5. The van der Waals surface area contributed by atoms with E-state index in [4.69, 9.17) is 5.73 Å². The number of halogens is 1. The van der Waals surface area contributed by atoms with Crippen molar-refractivity contribution in [1.82, 2.24) is 0 Å². The van der Waals surface area contributed by atoms with Crippen LogP contribution in [0.1, 0.15) is 12.5 Å². The van der Waals surface area contributed by atoms with Gasteiger partial charge in [0.05, 0.1) is 5.75 Å². The van der Waals surface area contributed by atoms with Crippen molar-refractivity contribution >= 4 is 21.6 Å². The number of thioether (sulfide) groups is 1. The van der Waals surface area contributed by atoms with Gasteiger partial charge in [0.1, 0.15) is 15.7 Å². The van der Waals surface area contributed by atoms with Gasteiger partial charge in [0.15, 0.2) is 0 Å². The Morgan fingerprint density at radius 2 is 2.11 bits per heavy atom. The average Bonchev–Trinajstić information content (AvgIpc) is 2.18. The molecule has 0 amide bonds. The van der Waals surface area contributed by atoms with Gasteiger partial charge in [-0.05, 0) is 37.1 Å². The average molecular weight is 291 g/mol. The van der Waals surface area contributed by atoms with Crippen molar-refractivity contribution < 1.29 is 12.8 Å². The van der Waals surface area contributed by atoms with Gasteiger partial charge < -0.3 is 5.73 Å². The largest absolute Gasteiger partial charge is 0.328 e. The second kappa shape index (κ2) is 6.54. The highest BCUT2D eigenvalue weighted by Crippen LogP contribution is 2.24. The van der Waals surface area contributed by atoms with Gasteiger partial charge in [0.2, 0.25) is 0 Å². The molecule has 0 bridgehead atoms. The van der Waals surface area contributed by atoms with Crippen molar-refractivity contribution in [2.75, 3.05) is 17.8 Å². The van der Waals surface area contributed by atoms with Crippen LogP contribution in [-0.4, -0.2) is 32.2 Å². The lowest BCUT2D eigenvalue weighted by Gasteiger charge is -2.11. The van der Waals surface area contributed by atoms with E-state index in [0.29, 0.717) is 12.2 Å². The van der Waals surface area contributed by atoms with Crippen LogP contribution in [0, 0.1) is 5.82 Å². The van der Waals surface area contributed by atoms with E-state index in [1.54, 1.807) is 6.07 Å². The van der Waals surface area contributed by atoms with E-state index in [9.17, 15) is 12.8 Å². The Labute approximate surface area is 112 Å². The molecule has 3 nitrogen and oxygen atoms in total. The predicted octanol–water partition coefficient (Wildman–Crippen LogP) is 1.85. The van der Waals surface area contributed by atoms with E-state index < -0.39 is 9.84 Å². The summed E-state index contributed by atoms with van der Waals surface area (Å²) in [6.45, 7) is 1.86. The maximum atomic E-state index is 13.2. The Kier molecular flexibility index (Phi) is 5.62. The van der Waals surface area contributed by atoms with Crippen LogP contribution in [0.25, 0.3) is 0 Å². The Hall–Kier alpha value is -0.590. The molecule has 1 unspecified atom stereocenters. The van der Waals surface area contributed by atoms with Crippen LogP contribution in [0.3, 0.4) is 0 Å². The van der Waals surface area contributed by atoms with Crippen molar-refractivity contribution in [3.05, 3.63) is 29.6 Å². The van der Waals surface area contributed by atoms with Crippen LogP contribution in [0.4, 0.5) is 4.39 Å². The summed E-state index contributed by atoms with van der Waals surface area (Å²) in [5.74, 6) is 0.293. The fourth-order valence-corrected chi connectivity index (χ4v) is 3.75. The molecule has 0 aliphatic rings. The molecule has 0 aromatic heterocycles. The summed E-state index contributed by atoms with van der Waals surface area (Å²) in [5.41, 5.74) is 6.55. The van der Waals surface area contributed by atoms with Crippen LogP contribution in [0.5, 0.6) is 0 Å². The minimum atomic E-state index is -2.96. The van der Waals surface area contributed by atoms with Crippen molar-refractivity contribution in [1.29, 1.82) is 0 Å². The molecule has 6 heteroatoms. The smallest absolute Gasteiger partial charge is 0.148 e.